The number of rotatable bonds is 4. The lowest BCUT2D eigenvalue weighted by atomic mass is 10.1. The van der Waals surface area contributed by atoms with Crippen molar-refractivity contribution in [2.45, 2.75) is 13.3 Å². The lowest BCUT2D eigenvalue weighted by Gasteiger charge is -2.09. The number of anilines is 1. The maximum atomic E-state index is 11.3. The quantitative estimate of drug-likeness (QED) is 0.455. The summed E-state index contributed by atoms with van der Waals surface area (Å²) in [4.78, 5) is 11.3. The highest BCUT2D eigenvalue weighted by Gasteiger charge is 2.12. The van der Waals surface area contributed by atoms with E-state index in [0.29, 0.717) is 17.9 Å². The van der Waals surface area contributed by atoms with E-state index in [1.165, 1.54) is 13.2 Å². The molecule has 1 aromatic rings. The Morgan fingerprint density at radius 1 is 1.50 bits per heavy atom. The van der Waals surface area contributed by atoms with E-state index in [-0.39, 0.29) is 17.9 Å². The summed E-state index contributed by atoms with van der Waals surface area (Å²) in [5.74, 6) is -0.0195. The van der Waals surface area contributed by atoms with Crippen molar-refractivity contribution in [2.75, 3.05) is 19.5 Å². The Balaban J connectivity index is 2.94. The highest BCUT2D eigenvalue weighted by molar-refractivity contribution is 5.75. The van der Waals surface area contributed by atoms with Crippen molar-refractivity contribution in [3.63, 3.8) is 0 Å². The van der Waals surface area contributed by atoms with E-state index < -0.39 is 5.97 Å². The summed E-state index contributed by atoms with van der Waals surface area (Å²) in [6.45, 7) is 2.02. The molecule has 0 aromatic heterocycles. The Hall–Kier alpha value is -1.91. The van der Waals surface area contributed by atoms with Crippen molar-refractivity contribution in [2.24, 2.45) is 0 Å². The monoisotopic (exact) mass is 225 g/mol. The Kier molecular flexibility index (Phi) is 3.99. The summed E-state index contributed by atoms with van der Waals surface area (Å²) < 4.78 is 9.77. The van der Waals surface area contributed by atoms with Crippen LogP contribution in [0.2, 0.25) is 0 Å². The number of benzene rings is 1. The fraction of sp³-hybridized carbons (Fsp3) is 0.364. The molecule has 0 aliphatic heterocycles. The molecule has 0 amide bonds. The third kappa shape index (κ3) is 2.79. The molecule has 0 spiro atoms. The second-order valence-electron chi connectivity index (χ2n) is 3.21. The number of aromatic hydroxyl groups is 1. The maximum absolute atomic E-state index is 11.3. The van der Waals surface area contributed by atoms with E-state index in [1.54, 1.807) is 13.0 Å². The molecule has 3 N–H and O–H groups in total. The number of nitrogens with two attached hydrogens (primary N) is 1. The summed E-state index contributed by atoms with van der Waals surface area (Å²) in [6, 6.07) is 3.05. The van der Waals surface area contributed by atoms with Gasteiger partial charge in [0.15, 0.2) is 0 Å². The third-order valence-electron chi connectivity index (χ3n) is 2.07. The van der Waals surface area contributed by atoms with Gasteiger partial charge < -0.3 is 20.3 Å². The Morgan fingerprint density at radius 2 is 2.19 bits per heavy atom. The number of phenols is 1. The molecule has 1 aromatic carbocycles. The van der Waals surface area contributed by atoms with E-state index in [4.69, 9.17) is 15.2 Å². The fourth-order valence-corrected chi connectivity index (χ4v) is 1.31. The topological polar surface area (TPSA) is 81.8 Å². The van der Waals surface area contributed by atoms with Crippen molar-refractivity contribution in [3.05, 3.63) is 17.7 Å². The SMILES string of the molecule is CCOC(=O)Cc1cc(OC)cc(N)c1O. The minimum absolute atomic E-state index is 0.0267. The van der Waals surface area contributed by atoms with Gasteiger partial charge in [-0.1, -0.05) is 0 Å². The number of esters is 1. The number of ether oxygens (including phenoxy) is 2. The van der Waals surface area contributed by atoms with Crippen molar-refractivity contribution >= 4 is 11.7 Å². The molecule has 0 bridgehead atoms. The Morgan fingerprint density at radius 3 is 2.75 bits per heavy atom. The van der Waals surface area contributed by atoms with Crippen LogP contribution in [0.4, 0.5) is 5.69 Å². The second kappa shape index (κ2) is 5.25. The van der Waals surface area contributed by atoms with Gasteiger partial charge in [-0.2, -0.15) is 0 Å². The molecule has 1 rings (SSSR count). The molecule has 5 nitrogen and oxygen atoms in total. The van der Waals surface area contributed by atoms with Crippen molar-refractivity contribution in [1.29, 1.82) is 0 Å². The molecular formula is C11H15NO4. The molecule has 0 saturated carbocycles. The lowest BCUT2D eigenvalue weighted by Crippen LogP contribution is -2.08. The van der Waals surface area contributed by atoms with Crippen LogP contribution in [-0.4, -0.2) is 24.8 Å². The molecule has 5 heteroatoms. The summed E-state index contributed by atoms with van der Waals surface area (Å²) in [7, 11) is 1.49. The van der Waals surface area contributed by atoms with E-state index in [2.05, 4.69) is 0 Å². The molecule has 0 fully saturated rings. The van der Waals surface area contributed by atoms with Crippen LogP contribution in [0.15, 0.2) is 12.1 Å². The lowest BCUT2D eigenvalue weighted by molar-refractivity contribution is -0.142. The number of nitrogen functional groups attached to an aromatic ring is 1. The van der Waals surface area contributed by atoms with Crippen LogP contribution in [0.25, 0.3) is 0 Å². The van der Waals surface area contributed by atoms with E-state index >= 15 is 0 Å². The summed E-state index contributed by atoms with van der Waals surface area (Å²) in [5, 5.41) is 9.65. The van der Waals surface area contributed by atoms with Crippen LogP contribution in [0.3, 0.4) is 0 Å². The molecule has 0 unspecified atom stereocenters. The van der Waals surface area contributed by atoms with Crippen LogP contribution in [-0.2, 0) is 16.0 Å². The molecule has 0 radical (unpaired) electrons. The molecule has 0 aliphatic carbocycles. The molecule has 16 heavy (non-hydrogen) atoms. The first-order valence-corrected chi connectivity index (χ1v) is 4.89. The third-order valence-corrected chi connectivity index (χ3v) is 2.07. The summed E-state index contributed by atoms with van der Waals surface area (Å²) in [6.07, 6.45) is -0.0267. The van der Waals surface area contributed by atoms with Crippen molar-refractivity contribution < 1.29 is 19.4 Å². The van der Waals surface area contributed by atoms with Gasteiger partial charge in [-0.3, -0.25) is 4.79 Å². The van der Waals surface area contributed by atoms with Gasteiger partial charge in [-0.15, -0.1) is 0 Å². The van der Waals surface area contributed by atoms with Gasteiger partial charge in [0.05, 0.1) is 25.8 Å². The molecule has 0 heterocycles. The average Bonchev–Trinajstić information content (AvgIpc) is 2.24. The zero-order valence-corrected chi connectivity index (χ0v) is 9.32. The average molecular weight is 225 g/mol. The highest BCUT2D eigenvalue weighted by atomic mass is 16.5. The normalized spacial score (nSPS) is 9.88. The van der Waals surface area contributed by atoms with Gasteiger partial charge in [0.25, 0.3) is 0 Å². The van der Waals surface area contributed by atoms with Gasteiger partial charge in [-0.05, 0) is 13.0 Å². The summed E-state index contributed by atoms with van der Waals surface area (Å²) in [5.41, 5.74) is 6.14. The highest BCUT2D eigenvalue weighted by Crippen LogP contribution is 2.30. The second-order valence-corrected chi connectivity index (χ2v) is 3.21. The predicted molar refractivity (Wildman–Crippen MR) is 59.4 cm³/mol. The Labute approximate surface area is 93.8 Å². The molecule has 0 saturated heterocycles. The van der Waals surface area contributed by atoms with Gasteiger partial charge in [0.1, 0.15) is 11.5 Å². The molecule has 0 atom stereocenters. The van der Waals surface area contributed by atoms with Gasteiger partial charge in [-0.25, -0.2) is 0 Å². The first kappa shape index (κ1) is 12.2. The van der Waals surface area contributed by atoms with Crippen molar-refractivity contribution in [1.82, 2.24) is 0 Å². The zero-order chi connectivity index (χ0) is 12.1. The standard InChI is InChI=1S/C11H15NO4/c1-3-16-10(13)5-7-4-8(15-2)6-9(12)11(7)14/h4,6,14H,3,5,12H2,1-2H3. The first-order chi connectivity index (χ1) is 7.58. The Bertz CT molecular complexity index is 390. The zero-order valence-electron chi connectivity index (χ0n) is 9.32. The van der Waals surface area contributed by atoms with E-state index in [9.17, 15) is 9.90 Å². The summed E-state index contributed by atoms with van der Waals surface area (Å²) >= 11 is 0. The number of methoxy groups -OCH3 is 1. The fourth-order valence-electron chi connectivity index (χ4n) is 1.31. The largest absolute Gasteiger partial charge is 0.505 e. The number of hydrogen-bond donors (Lipinski definition) is 2. The van der Waals surface area contributed by atoms with Gasteiger partial charge >= 0.3 is 5.97 Å². The minimum atomic E-state index is -0.412. The molecule has 88 valence electrons. The predicted octanol–water partition coefficient (Wildman–Crippen LogP) is 1.09. The van der Waals surface area contributed by atoms with Crippen LogP contribution in [0, 0.1) is 0 Å². The van der Waals surface area contributed by atoms with Crippen LogP contribution in [0.1, 0.15) is 12.5 Å². The first-order valence-electron chi connectivity index (χ1n) is 4.89. The molecular weight excluding hydrogens is 210 g/mol. The van der Waals surface area contributed by atoms with Gasteiger partial charge in [0.2, 0.25) is 0 Å². The number of carbonyl (C=O) groups is 1. The van der Waals surface area contributed by atoms with Gasteiger partial charge in [0, 0.05) is 11.6 Å². The number of phenolic OH excluding ortho intramolecular Hbond substituents is 1. The number of hydrogen-bond acceptors (Lipinski definition) is 5. The van der Waals surface area contributed by atoms with Crippen LogP contribution < -0.4 is 10.5 Å². The smallest absolute Gasteiger partial charge is 0.310 e. The number of carbonyl (C=O) groups excluding carboxylic acids is 1. The van der Waals surface area contributed by atoms with E-state index in [0.717, 1.165) is 0 Å². The van der Waals surface area contributed by atoms with Crippen LogP contribution in [0.5, 0.6) is 11.5 Å². The maximum Gasteiger partial charge on any atom is 0.310 e. The van der Waals surface area contributed by atoms with E-state index in [1.807, 2.05) is 0 Å². The minimum Gasteiger partial charge on any atom is -0.505 e. The van der Waals surface area contributed by atoms with Crippen LogP contribution >= 0.6 is 0 Å². The van der Waals surface area contributed by atoms with Crippen molar-refractivity contribution in [3.8, 4) is 11.5 Å². The molecule has 0 aliphatic rings.